The predicted molar refractivity (Wildman–Crippen MR) is 77.5 cm³/mol. The number of fused-ring (bicyclic) bond motifs is 1. The SMILES string of the molecule is CCn1cc(C(=O)NC2CCCc3ccccc32)cn1. The summed E-state index contributed by atoms with van der Waals surface area (Å²) in [4.78, 5) is 12.3. The average molecular weight is 269 g/mol. The second kappa shape index (κ2) is 5.49. The van der Waals surface area contributed by atoms with E-state index in [9.17, 15) is 4.79 Å². The fourth-order valence-electron chi connectivity index (χ4n) is 2.80. The van der Waals surface area contributed by atoms with Crippen LogP contribution in [0.2, 0.25) is 0 Å². The van der Waals surface area contributed by atoms with Crippen molar-refractivity contribution >= 4 is 5.91 Å². The Bertz CT molecular complexity index is 618. The third kappa shape index (κ3) is 2.46. The first kappa shape index (κ1) is 12.9. The van der Waals surface area contributed by atoms with Crippen LogP contribution >= 0.6 is 0 Å². The Morgan fingerprint density at radius 2 is 2.30 bits per heavy atom. The molecule has 0 fully saturated rings. The number of aryl methyl sites for hydroxylation is 2. The standard InChI is InChI=1S/C16H19N3O/c1-2-19-11-13(10-17-19)16(20)18-15-9-5-7-12-6-3-4-8-14(12)15/h3-4,6,8,10-11,15H,2,5,7,9H2,1H3,(H,18,20). The Labute approximate surface area is 118 Å². The van der Waals surface area contributed by atoms with Gasteiger partial charge in [0, 0.05) is 12.7 Å². The molecular formula is C16H19N3O. The molecule has 1 aromatic carbocycles. The summed E-state index contributed by atoms with van der Waals surface area (Å²) in [5.74, 6) is -0.0357. The van der Waals surface area contributed by atoms with Crippen LogP contribution in [0.25, 0.3) is 0 Å². The molecular weight excluding hydrogens is 250 g/mol. The van der Waals surface area contributed by atoms with Gasteiger partial charge < -0.3 is 5.32 Å². The van der Waals surface area contributed by atoms with Crippen molar-refractivity contribution in [2.45, 2.75) is 38.8 Å². The molecule has 0 saturated carbocycles. The Kier molecular flexibility index (Phi) is 3.54. The van der Waals surface area contributed by atoms with Gasteiger partial charge in [-0.05, 0) is 37.3 Å². The lowest BCUT2D eigenvalue weighted by Gasteiger charge is -2.26. The van der Waals surface area contributed by atoms with Gasteiger partial charge in [-0.25, -0.2) is 0 Å². The normalized spacial score (nSPS) is 17.6. The number of nitrogens with one attached hydrogen (secondary N) is 1. The maximum absolute atomic E-state index is 12.3. The van der Waals surface area contributed by atoms with Crippen molar-refractivity contribution in [3.8, 4) is 0 Å². The van der Waals surface area contributed by atoms with Crippen LogP contribution in [0.3, 0.4) is 0 Å². The molecule has 1 atom stereocenters. The molecule has 1 aliphatic carbocycles. The van der Waals surface area contributed by atoms with E-state index in [0.29, 0.717) is 5.56 Å². The van der Waals surface area contributed by atoms with E-state index < -0.39 is 0 Å². The van der Waals surface area contributed by atoms with E-state index in [-0.39, 0.29) is 11.9 Å². The Hall–Kier alpha value is -2.10. The summed E-state index contributed by atoms with van der Waals surface area (Å²) in [6, 6.07) is 8.50. The minimum absolute atomic E-state index is 0.0357. The van der Waals surface area contributed by atoms with Crippen LogP contribution < -0.4 is 5.32 Å². The lowest BCUT2D eigenvalue weighted by atomic mass is 9.87. The van der Waals surface area contributed by atoms with Gasteiger partial charge in [-0.2, -0.15) is 5.10 Å². The third-order valence-electron chi connectivity index (χ3n) is 3.89. The Balaban J connectivity index is 1.77. The second-order valence-electron chi connectivity index (χ2n) is 5.20. The van der Waals surface area contributed by atoms with E-state index >= 15 is 0 Å². The summed E-state index contributed by atoms with van der Waals surface area (Å²) in [6.45, 7) is 2.78. The third-order valence-corrected chi connectivity index (χ3v) is 3.89. The molecule has 1 aromatic heterocycles. The Morgan fingerprint density at radius 3 is 3.10 bits per heavy atom. The quantitative estimate of drug-likeness (QED) is 0.931. The van der Waals surface area contributed by atoms with Crippen LogP contribution in [0.5, 0.6) is 0 Å². The zero-order valence-electron chi connectivity index (χ0n) is 11.7. The number of amides is 1. The minimum atomic E-state index is -0.0357. The molecule has 20 heavy (non-hydrogen) atoms. The smallest absolute Gasteiger partial charge is 0.254 e. The molecule has 1 amide bonds. The van der Waals surface area contributed by atoms with Crippen molar-refractivity contribution in [3.05, 3.63) is 53.3 Å². The van der Waals surface area contributed by atoms with Crippen LogP contribution in [0.15, 0.2) is 36.7 Å². The van der Waals surface area contributed by atoms with Crippen LogP contribution in [-0.4, -0.2) is 15.7 Å². The van der Waals surface area contributed by atoms with Gasteiger partial charge in [0.15, 0.2) is 0 Å². The van der Waals surface area contributed by atoms with Crippen LogP contribution in [0.1, 0.15) is 47.3 Å². The number of aromatic nitrogens is 2. The lowest BCUT2D eigenvalue weighted by molar-refractivity contribution is 0.0932. The molecule has 1 heterocycles. The van der Waals surface area contributed by atoms with Crippen LogP contribution in [0.4, 0.5) is 0 Å². The molecule has 1 unspecified atom stereocenters. The van der Waals surface area contributed by atoms with E-state index in [1.165, 1.54) is 11.1 Å². The number of carbonyl (C=O) groups excluding carboxylic acids is 1. The number of nitrogens with zero attached hydrogens (tertiary/aromatic N) is 2. The highest BCUT2D eigenvalue weighted by molar-refractivity contribution is 5.94. The second-order valence-corrected chi connectivity index (χ2v) is 5.20. The van der Waals surface area contributed by atoms with Crippen LogP contribution in [0, 0.1) is 0 Å². The average Bonchev–Trinajstić information content (AvgIpc) is 2.97. The minimum Gasteiger partial charge on any atom is -0.345 e. The van der Waals surface area contributed by atoms with Crippen molar-refractivity contribution in [2.75, 3.05) is 0 Å². The highest BCUT2D eigenvalue weighted by Crippen LogP contribution is 2.29. The number of benzene rings is 1. The van der Waals surface area contributed by atoms with Gasteiger partial charge in [0.05, 0.1) is 17.8 Å². The predicted octanol–water partition coefficient (Wildman–Crippen LogP) is 2.71. The summed E-state index contributed by atoms with van der Waals surface area (Å²) < 4.78 is 1.77. The van der Waals surface area contributed by atoms with Gasteiger partial charge in [0.25, 0.3) is 5.91 Å². The van der Waals surface area contributed by atoms with E-state index in [0.717, 1.165) is 25.8 Å². The van der Waals surface area contributed by atoms with E-state index in [4.69, 9.17) is 0 Å². The first-order valence-electron chi connectivity index (χ1n) is 7.19. The molecule has 0 saturated heterocycles. The van der Waals surface area contributed by atoms with Gasteiger partial charge in [-0.1, -0.05) is 24.3 Å². The summed E-state index contributed by atoms with van der Waals surface area (Å²) >= 11 is 0. The first-order chi connectivity index (χ1) is 9.78. The van der Waals surface area contributed by atoms with E-state index in [2.05, 4.69) is 28.6 Å². The highest BCUT2D eigenvalue weighted by atomic mass is 16.1. The fraction of sp³-hybridized carbons (Fsp3) is 0.375. The maximum Gasteiger partial charge on any atom is 0.254 e. The van der Waals surface area contributed by atoms with Crippen molar-refractivity contribution < 1.29 is 4.79 Å². The summed E-state index contributed by atoms with van der Waals surface area (Å²) in [5.41, 5.74) is 3.25. The van der Waals surface area contributed by atoms with Gasteiger partial charge in [-0.15, -0.1) is 0 Å². The molecule has 0 bridgehead atoms. The molecule has 0 radical (unpaired) electrons. The van der Waals surface area contributed by atoms with E-state index in [1.807, 2.05) is 13.0 Å². The van der Waals surface area contributed by atoms with Crippen molar-refractivity contribution in [2.24, 2.45) is 0 Å². The number of rotatable bonds is 3. The van der Waals surface area contributed by atoms with Crippen molar-refractivity contribution in [3.63, 3.8) is 0 Å². The zero-order chi connectivity index (χ0) is 13.9. The molecule has 4 nitrogen and oxygen atoms in total. The molecule has 2 aromatic rings. The van der Waals surface area contributed by atoms with Gasteiger partial charge >= 0.3 is 0 Å². The summed E-state index contributed by atoms with van der Waals surface area (Å²) in [5, 5.41) is 7.29. The van der Waals surface area contributed by atoms with Gasteiger partial charge in [0.1, 0.15) is 0 Å². The Morgan fingerprint density at radius 1 is 1.45 bits per heavy atom. The number of hydrogen-bond donors (Lipinski definition) is 1. The van der Waals surface area contributed by atoms with Gasteiger partial charge in [0.2, 0.25) is 0 Å². The molecule has 4 heteroatoms. The summed E-state index contributed by atoms with van der Waals surface area (Å²) in [7, 11) is 0. The molecule has 104 valence electrons. The molecule has 3 rings (SSSR count). The monoisotopic (exact) mass is 269 g/mol. The maximum atomic E-state index is 12.3. The molecule has 0 spiro atoms. The fourth-order valence-corrected chi connectivity index (χ4v) is 2.80. The van der Waals surface area contributed by atoms with Gasteiger partial charge in [-0.3, -0.25) is 9.48 Å². The zero-order valence-corrected chi connectivity index (χ0v) is 11.7. The van der Waals surface area contributed by atoms with Crippen LogP contribution in [-0.2, 0) is 13.0 Å². The van der Waals surface area contributed by atoms with Crippen molar-refractivity contribution in [1.29, 1.82) is 0 Å². The largest absolute Gasteiger partial charge is 0.345 e. The number of hydrogen-bond acceptors (Lipinski definition) is 2. The highest BCUT2D eigenvalue weighted by Gasteiger charge is 2.22. The van der Waals surface area contributed by atoms with E-state index in [1.54, 1.807) is 17.1 Å². The summed E-state index contributed by atoms with van der Waals surface area (Å²) in [6.07, 6.45) is 6.66. The molecule has 0 aliphatic heterocycles. The topological polar surface area (TPSA) is 46.9 Å². The first-order valence-corrected chi connectivity index (χ1v) is 7.19. The molecule has 1 N–H and O–H groups in total. The lowest BCUT2D eigenvalue weighted by Crippen LogP contribution is -2.30. The number of carbonyl (C=O) groups is 1. The molecule has 1 aliphatic rings. The van der Waals surface area contributed by atoms with Crippen molar-refractivity contribution in [1.82, 2.24) is 15.1 Å².